The standard InChI is InChI=1S/C21H26FN3O/c1-15-13-23-20(25(15)14-17-2-6-19(22)7-3-17)12-16-8-10-24(11-9-16)21(26)18-4-5-18/h2-3,6-7,13,16,18H,4-5,8-12,14H2,1H3. The zero-order chi connectivity index (χ0) is 18.1. The average molecular weight is 355 g/mol. The number of imidazole rings is 1. The molecule has 26 heavy (non-hydrogen) atoms. The van der Waals surface area contributed by atoms with Crippen LogP contribution in [0.15, 0.2) is 30.5 Å². The van der Waals surface area contributed by atoms with Crippen LogP contribution in [0, 0.1) is 24.6 Å². The fourth-order valence-electron chi connectivity index (χ4n) is 3.87. The molecule has 1 amide bonds. The van der Waals surface area contributed by atoms with Gasteiger partial charge in [-0.1, -0.05) is 12.1 Å². The first-order valence-electron chi connectivity index (χ1n) is 9.64. The number of carbonyl (C=O) groups excluding carboxylic acids is 1. The summed E-state index contributed by atoms with van der Waals surface area (Å²) in [6, 6.07) is 6.68. The van der Waals surface area contributed by atoms with Crippen LogP contribution in [0.1, 0.15) is 42.8 Å². The summed E-state index contributed by atoms with van der Waals surface area (Å²) in [7, 11) is 0. The van der Waals surface area contributed by atoms with E-state index in [4.69, 9.17) is 0 Å². The predicted molar refractivity (Wildman–Crippen MR) is 98.2 cm³/mol. The molecule has 2 fully saturated rings. The van der Waals surface area contributed by atoms with Crippen molar-refractivity contribution in [2.75, 3.05) is 13.1 Å². The van der Waals surface area contributed by atoms with Crippen molar-refractivity contribution in [3.8, 4) is 0 Å². The van der Waals surface area contributed by atoms with Gasteiger partial charge in [-0.25, -0.2) is 9.37 Å². The molecule has 2 aromatic rings. The van der Waals surface area contributed by atoms with Gasteiger partial charge in [0.15, 0.2) is 0 Å². The van der Waals surface area contributed by atoms with E-state index in [0.717, 1.165) is 68.8 Å². The first kappa shape index (κ1) is 17.3. The highest BCUT2D eigenvalue weighted by atomic mass is 19.1. The highest BCUT2D eigenvalue weighted by Crippen LogP contribution is 2.33. The highest BCUT2D eigenvalue weighted by Gasteiger charge is 2.35. The van der Waals surface area contributed by atoms with Crippen molar-refractivity contribution in [1.82, 2.24) is 14.5 Å². The summed E-state index contributed by atoms with van der Waals surface area (Å²) in [5.74, 6) is 2.16. The van der Waals surface area contributed by atoms with Crippen molar-refractivity contribution in [3.63, 3.8) is 0 Å². The largest absolute Gasteiger partial charge is 0.342 e. The Balaban J connectivity index is 1.38. The van der Waals surface area contributed by atoms with Gasteiger partial charge < -0.3 is 9.47 Å². The number of rotatable bonds is 5. The molecular weight excluding hydrogens is 329 g/mol. The van der Waals surface area contributed by atoms with E-state index in [1.165, 1.54) is 12.1 Å². The van der Waals surface area contributed by atoms with Crippen LogP contribution in [0.4, 0.5) is 4.39 Å². The van der Waals surface area contributed by atoms with E-state index in [0.29, 0.717) is 17.7 Å². The summed E-state index contributed by atoms with van der Waals surface area (Å²) in [5, 5.41) is 0. The molecule has 1 aromatic carbocycles. The van der Waals surface area contributed by atoms with Gasteiger partial charge in [-0.2, -0.15) is 0 Å². The number of piperidine rings is 1. The topological polar surface area (TPSA) is 38.1 Å². The van der Waals surface area contributed by atoms with E-state index < -0.39 is 0 Å². The molecule has 0 N–H and O–H groups in total. The van der Waals surface area contributed by atoms with Gasteiger partial charge in [0.25, 0.3) is 0 Å². The number of carbonyl (C=O) groups is 1. The molecule has 138 valence electrons. The molecule has 0 unspecified atom stereocenters. The summed E-state index contributed by atoms with van der Waals surface area (Å²) in [5.41, 5.74) is 2.21. The maximum absolute atomic E-state index is 13.1. The van der Waals surface area contributed by atoms with E-state index in [9.17, 15) is 9.18 Å². The Hall–Kier alpha value is -2.17. The average Bonchev–Trinajstić information content (AvgIpc) is 3.45. The third-order valence-electron chi connectivity index (χ3n) is 5.72. The zero-order valence-corrected chi connectivity index (χ0v) is 15.3. The first-order valence-corrected chi connectivity index (χ1v) is 9.64. The number of likely N-dealkylation sites (tertiary alicyclic amines) is 1. The second kappa shape index (κ2) is 7.22. The molecular formula is C21H26FN3O. The van der Waals surface area contributed by atoms with Crippen molar-refractivity contribution in [3.05, 3.63) is 53.4 Å². The Morgan fingerprint density at radius 3 is 2.50 bits per heavy atom. The number of halogens is 1. The number of aryl methyl sites for hydroxylation is 1. The second-order valence-corrected chi connectivity index (χ2v) is 7.78. The quantitative estimate of drug-likeness (QED) is 0.822. The van der Waals surface area contributed by atoms with Crippen LogP contribution in [-0.2, 0) is 17.8 Å². The molecule has 1 saturated carbocycles. The molecule has 2 heterocycles. The number of benzene rings is 1. The summed E-state index contributed by atoms with van der Waals surface area (Å²) in [6.45, 7) is 4.56. The maximum Gasteiger partial charge on any atom is 0.225 e. The minimum absolute atomic E-state index is 0.205. The molecule has 0 spiro atoms. The lowest BCUT2D eigenvalue weighted by Gasteiger charge is -2.32. The second-order valence-electron chi connectivity index (χ2n) is 7.78. The van der Waals surface area contributed by atoms with Gasteiger partial charge in [0.1, 0.15) is 11.6 Å². The van der Waals surface area contributed by atoms with Crippen LogP contribution >= 0.6 is 0 Å². The number of hydrogen-bond donors (Lipinski definition) is 0. The van der Waals surface area contributed by atoms with Gasteiger partial charge in [-0.05, 0) is 56.2 Å². The fourth-order valence-corrected chi connectivity index (χ4v) is 3.87. The minimum atomic E-state index is -0.205. The highest BCUT2D eigenvalue weighted by molar-refractivity contribution is 5.81. The summed E-state index contributed by atoms with van der Waals surface area (Å²) in [4.78, 5) is 18.9. The zero-order valence-electron chi connectivity index (χ0n) is 15.3. The number of aromatic nitrogens is 2. The Bertz CT molecular complexity index is 771. The van der Waals surface area contributed by atoms with E-state index in [1.54, 1.807) is 0 Å². The van der Waals surface area contributed by atoms with Crippen molar-refractivity contribution in [2.24, 2.45) is 11.8 Å². The SMILES string of the molecule is Cc1cnc(CC2CCN(C(=O)C3CC3)CC2)n1Cc1ccc(F)cc1. The van der Waals surface area contributed by atoms with Gasteiger partial charge >= 0.3 is 0 Å². The molecule has 2 aliphatic rings. The first-order chi connectivity index (χ1) is 12.6. The van der Waals surface area contributed by atoms with Crippen LogP contribution in [0.25, 0.3) is 0 Å². The van der Waals surface area contributed by atoms with E-state index in [2.05, 4.69) is 21.4 Å². The van der Waals surface area contributed by atoms with Gasteiger partial charge in [0.2, 0.25) is 5.91 Å². The summed E-state index contributed by atoms with van der Waals surface area (Å²) < 4.78 is 15.4. The molecule has 1 aliphatic heterocycles. The summed E-state index contributed by atoms with van der Waals surface area (Å²) in [6.07, 6.45) is 7.14. The van der Waals surface area contributed by atoms with E-state index in [1.807, 2.05) is 18.3 Å². The van der Waals surface area contributed by atoms with Crippen molar-refractivity contribution in [2.45, 2.75) is 45.6 Å². The maximum atomic E-state index is 13.1. The van der Waals surface area contributed by atoms with Crippen molar-refractivity contribution in [1.29, 1.82) is 0 Å². The number of hydrogen-bond acceptors (Lipinski definition) is 2. The fraction of sp³-hybridized carbons (Fsp3) is 0.524. The normalized spacial score (nSPS) is 18.3. The molecule has 4 nitrogen and oxygen atoms in total. The minimum Gasteiger partial charge on any atom is -0.342 e. The van der Waals surface area contributed by atoms with Crippen LogP contribution in [0.3, 0.4) is 0 Å². The molecule has 1 saturated heterocycles. The molecule has 0 radical (unpaired) electrons. The molecule has 1 aromatic heterocycles. The van der Waals surface area contributed by atoms with E-state index >= 15 is 0 Å². The molecule has 1 aliphatic carbocycles. The van der Waals surface area contributed by atoms with Crippen molar-refractivity contribution >= 4 is 5.91 Å². The lowest BCUT2D eigenvalue weighted by molar-refractivity contribution is -0.133. The third kappa shape index (κ3) is 3.81. The van der Waals surface area contributed by atoms with Crippen molar-refractivity contribution < 1.29 is 9.18 Å². The Morgan fingerprint density at radius 1 is 1.15 bits per heavy atom. The lowest BCUT2D eigenvalue weighted by Crippen LogP contribution is -2.39. The molecule has 5 heteroatoms. The van der Waals surface area contributed by atoms with Crippen LogP contribution in [-0.4, -0.2) is 33.4 Å². The molecule has 0 bridgehead atoms. The lowest BCUT2D eigenvalue weighted by atomic mass is 9.93. The summed E-state index contributed by atoms with van der Waals surface area (Å²) >= 11 is 0. The Morgan fingerprint density at radius 2 is 1.85 bits per heavy atom. The molecule has 4 rings (SSSR count). The van der Waals surface area contributed by atoms with Gasteiger partial charge in [0.05, 0.1) is 0 Å². The third-order valence-corrected chi connectivity index (χ3v) is 5.72. The van der Waals surface area contributed by atoms with Gasteiger partial charge in [-0.3, -0.25) is 4.79 Å². The van der Waals surface area contributed by atoms with E-state index in [-0.39, 0.29) is 5.82 Å². The predicted octanol–water partition coefficient (Wildman–Crippen LogP) is 3.57. The number of nitrogens with zero attached hydrogens (tertiary/aromatic N) is 3. The Labute approximate surface area is 154 Å². The van der Waals surface area contributed by atoms with Gasteiger partial charge in [0, 0.05) is 43.9 Å². The smallest absolute Gasteiger partial charge is 0.225 e. The Kier molecular flexibility index (Phi) is 4.79. The van der Waals surface area contributed by atoms with Crippen LogP contribution in [0.2, 0.25) is 0 Å². The van der Waals surface area contributed by atoms with Crippen LogP contribution < -0.4 is 0 Å². The van der Waals surface area contributed by atoms with Gasteiger partial charge in [-0.15, -0.1) is 0 Å². The number of amides is 1. The van der Waals surface area contributed by atoms with Crippen LogP contribution in [0.5, 0.6) is 0 Å². The molecule has 0 atom stereocenters. The monoisotopic (exact) mass is 355 g/mol.